The molecule has 0 aromatic carbocycles. The molecular weight excluding hydrogens is 264 g/mol. The van der Waals surface area contributed by atoms with Gasteiger partial charge in [0.2, 0.25) is 0 Å². The van der Waals surface area contributed by atoms with E-state index in [1.165, 1.54) is 17.2 Å². The summed E-state index contributed by atoms with van der Waals surface area (Å²) in [4.78, 5) is 22.8. The van der Waals surface area contributed by atoms with Crippen molar-refractivity contribution in [3.8, 4) is 0 Å². The van der Waals surface area contributed by atoms with Gasteiger partial charge in [-0.3, -0.25) is 0 Å². The predicted octanol–water partition coefficient (Wildman–Crippen LogP) is 1.23. The number of hydrogen-bond donors (Lipinski definition) is 1. The van der Waals surface area contributed by atoms with Gasteiger partial charge in [-0.1, -0.05) is 0 Å². The lowest BCUT2D eigenvalue weighted by Crippen LogP contribution is -2.14. The Hall–Kier alpha value is -1.50. The summed E-state index contributed by atoms with van der Waals surface area (Å²) in [6, 6.07) is -0.697. The third kappa shape index (κ3) is 1.58. The molecule has 7 heteroatoms. The molecule has 78 valence electrons. The van der Waals surface area contributed by atoms with Crippen LogP contribution < -0.4 is 0 Å². The molecule has 0 radical (unpaired) electrons. The molecule has 15 heavy (non-hydrogen) atoms. The molecule has 0 aliphatic heterocycles. The quantitative estimate of drug-likeness (QED) is 0.831. The van der Waals surface area contributed by atoms with Crippen molar-refractivity contribution in [3.05, 3.63) is 17.3 Å². The van der Waals surface area contributed by atoms with Gasteiger partial charge in [0.1, 0.15) is 22.5 Å². The summed E-state index contributed by atoms with van der Waals surface area (Å²) in [7, 11) is 0. The lowest BCUT2D eigenvalue weighted by molar-refractivity contribution is -0.140. The fourth-order valence-corrected chi connectivity index (χ4v) is 1.60. The lowest BCUT2D eigenvalue weighted by Gasteiger charge is -2.07. The van der Waals surface area contributed by atoms with Gasteiger partial charge in [-0.05, 0) is 22.9 Å². The third-order valence-electron chi connectivity index (χ3n) is 2.09. The average Bonchev–Trinajstić information content (AvgIpc) is 2.61. The molecule has 0 spiro atoms. The number of aliphatic carboxylic acids is 1. The SMILES string of the molecule is CC(C(=O)O)n1cnc2c(Br)ncnc21. The highest BCUT2D eigenvalue weighted by molar-refractivity contribution is 9.10. The van der Waals surface area contributed by atoms with Crippen LogP contribution >= 0.6 is 15.9 Å². The Morgan fingerprint density at radius 2 is 2.27 bits per heavy atom. The molecule has 0 saturated heterocycles. The van der Waals surface area contributed by atoms with Crippen LogP contribution in [-0.4, -0.2) is 30.6 Å². The van der Waals surface area contributed by atoms with Gasteiger partial charge < -0.3 is 9.67 Å². The molecular formula is C8H7BrN4O2. The maximum Gasteiger partial charge on any atom is 0.326 e. The number of fused-ring (bicyclic) bond motifs is 1. The topological polar surface area (TPSA) is 80.9 Å². The van der Waals surface area contributed by atoms with E-state index in [-0.39, 0.29) is 0 Å². The van der Waals surface area contributed by atoms with Crippen molar-refractivity contribution in [3.63, 3.8) is 0 Å². The van der Waals surface area contributed by atoms with E-state index in [1.807, 2.05) is 0 Å². The molecule has 0 amide bonds. The molecule has 1 atom stereocenters. The van der Waals surface area contributed by atoms with Gasteiger partial charge in [-0.15, -0.1) is 0 Å². The number of nitrogens with zero attached hydrogens (tertiary/aromatic N) is 4. The first-order valence-electron chi connectivity index (χ1n) is 4.17. The zero-order valence-corrected chi connectivity index (χ0v) is 9.34. The Labute approximate surface area is 93.1 Å². The summed E-state index contributed by atoms with van der Waals surface area (Å²) >= 11 is 3.22. The highest BCUT2D eigenvalue weighted by atomic mass is 79.9. The van der Waals surface area contributed by atoms with E-state index in [1.54, 1.807) is 6.92 Å². The summed E-state index contributed by atoms with van der Waals surface area (Å²) in [5.41, 5.74) is 1.07. The molecule has 2 heterocycles. The molecule has 0 aliphatic carbocycles. The van der Waals surface area contributed by atoms with Crippen LogP contribution in [0.1, 0.15) is 13.0 Å². The molecule has 0 saturated carbocycles. The molecule has 0 fully saturated rings. The van der Waals surface area contributed by atoms with E-state index in [0.717, 1.165) is 0 Å². The summed E-state index contributed by atoms with van der Waals surface area (Å²) in [6.45, 7) is 1.57. The van der Waals surface area contributed by atoms with E-state index in [0.29, 0.717) is 15.8 Å². The van der Waals surface area contributed by atoms with Gasteiger partial charge in [0, 0.05) is 0 Å². The van der Waals surface area contributed by atoms with E-state index >= 15 is 0 Å². The van der Waals surface area contributed by atoms with Gasteiger partial charge in [0.05, 0.1) is 6.33 Å². The minimum atomic E-state index is -0.927. The van der Waals surface area contributed by atoms with Crippen molar-refractivity contribution >= 4 is 33.1 Å². The first-order chi connectivity index (χ1) is 7.11. The smallest absolute Gasteiger partial charge is 0.326 e. The monoisotopic (exact) mass is 270 g/mol. The Morgan fingerprint density at radius 1 is 1.53 bits per heavy atom. The Kier molecular flexibility index (Phi) is 2.39. The molecule has 6 nitrogen and oxygen atoms in total. The minimum absolute atomic E-state index is 0.506. The Bertz CT molecular complexity index is 524. The average molecular weight is 271 g/mol. The fourth-order valence-electron chi connectivity index (χ4n) is 1.23. The summed E-state index contributed by atoms with van der Waals surface area (Å²) in [5.74, 6) is -0.927. The molecule has 0 aliphatic rings. The summed E-state index contributed by atoms with van der Waals surface area (Å²) < 4.78 is 2.05. The highest BCUT2D eigenvalue weighted by Gasteiger charge is 2.17. The predicted molar refractivity (Wildman–Crippen MR) is 55.4 cm³/mol. The molecule has 2 aromatic heterocycles. The van der Waals surface area contributed by atoms with Crippen LogP contribution in [0, 0.1) is 0 Å². The number of rotatable bonds is 2. The fraction of sp³-hybridized carbons (Fsp3) is 0.250. The second-order valence-electron chi connectivity index (χ2n) is 3.00. The van der Waals surface area contributed by atoms with E-state index in [2.05, 4.69) is 30.9 Å². The van der Waals surface area contributed by atoms with Gasteiger partial charge in [0.15, 0.2) is 5.65 Å². The van der Waals surface area contributed by atoms with Gasteiger partial charge in [-0.25, -0.2) is 19.7 Å². The standard InChI is InChI=1S/C8H7BrN4O2/c1-4(8(14)15)13-3-12-5-6(9)10-2-11-7(5)13/h2-4H,1H3,(H,14,15). The van der Waals surface area contributed by atoms with Gasteiger partial charge >= 0.3 is 5.97 Å². The first kappa shape index (κ1) is 10.0. The van der Waals surface area contributed by atoms with Crippen LogP contribution in [-0.2, 0) is 4.79 Å². The maximum atomic E-state index is 10.8. The summed E-state index contributed by atoms with van der Waals surface area (Å²) in [5, 5.41) is 8.88. The number of carboxylic acids is 1. The van der Waals surface area contributed by atoms with Crippen molar-refractivity contribution in [1.82, 2.24) is 19.5 Å². The molecule has 0 bridgehead atoms. The maximum absolute atomic E-state index is 10.8. The Morgan fingerprint density at radius 3 is 2.93 bits per heavy atom. The molecule has 2 aromatic rings. The van der Waals surface area contributed by atoms with Crippen molar-refractivity contribution in [1.29, 1.82) is 0 Å². The van der Waals surface area contributed by atoms with Crippen molar-refractivity contribution in [2.45, 2.75) is 13.0 Å². The van der Waals surface area contributed by atoms with Crippen LogP contribution in [0.15, 0.2) is 17.3 Å². The van der Waals surface area contributed by atoms with Gasteiger partial charge in [0.25, 0.3) is 0 Å². The number of carboxylic acid groups (broad SMARTS) is 1. The number of carbonyl (C=O) groups is 1. The lowest BCUT2D eigenvalue weighted by atomic mass is 10.3. The van der Waals surface area contributed by atoms with E-state index < -0.39 is 12.0 Å². The summed E-state index contributed by atoms with van der Waals surface area (Å²) in [6.07, 6.45) is 2.81. The molecule has 1 unspecified atom stereocenters. The highest BCUT2D eigenvalue weighted by Crippen LogP contribution is 2.20. The van der Waals surface area contributed by atoms with Crippen LogP contribution in [0.2, 0.25) is 0 Å². The van der Waals surface area contributed by atoms with E-state index in [9.17, 15) is 4.79 Å². The molecule has 1 N–H and O–H groups in total. The van der Waals surface area contributed by atoms with Crippen molar-refractivity contribution < 1.29 is 9.90 Å². The van der Waals surface area contributed by atoms with E-state index in [4.69, 9.17) is 5.11 Å². The number of imidazole rings is 1. The second-order valence-corrected chi connectivity index (χ2v) is 3.75. The van der Waals surface area contributed by atoms with Gasteiger partial charge in [-0.2, -0.15) is 0 Å². The van der Waals surface area contributed by atoms with Crippen LogP contribution in [0.25, 0.3) is 11.2 Å². The minimum Gasteiger partial charge on any atom is -0.480 e. The third-order valence-corrected chi connectivity index (χ3v) is 2.67. The number of hydrogen-bond acceptors (Lipinski definition) is 4. The van der Waals surface area contributed by atoms with Crippen LogP contribution in [0.5, 0.6) is 0 Å². The van der Waals surface area contributed by atoms with Crippen LogP contribution in [0.4, 0.5) is 0 Å². The zero-order chi connectivity index (χ0) is 11.0. The zero-order valence-electron chi connectivity index (χ0n) is 7.75. The van der Waals surface area contributed by atoms with Crippen LogP contribution in [0.3, 0.4) is 0 Å². The normalized spacial score (nSPS) is 12.9. The first-order valence-corrected chi connectivity index (χ1v) is 4.96. The van der Waals surface area contributed by atoms with Crippen molar-refractivity contribution in [2.75, 3.05) is 0 Å². The van der Waals surface area contributed by atoms with Crippen molar-refractivity contribution in [2.24, 2.45) is 0 Å². The second kappa shape index (κ2) is 3.58. The number of halogens is 1. The largest absolute Gasteiger partial charge is 0.480 e. The number of aromatic nitrogens is 4. The molecule has 2 rings (SSSR count). The Balaban J connectivity index is 2.64.